The molecular formula is C27H32N4O4. The first-order valence-corrected chi connectivity index (χ1v) is 11.9. The number of aliphatic hydroxyl groups excluding tert-OH is 1. The Morgan fingerprint density at radius 1 is 1.17 bits per heavy atom. The molecule has 1 atom stereocenters. The van der Waals surface area contributed by atoms with Gasteiger partial charge in [-0.15, -0.1) is 0 Å². The fraction of sp³-hybridized carbons (Fsp3) is 0.370. The predicted octanol–water partition coefficient (Wildman–Crippen LogP) is 3.17. The summed E-state index contributed by atoms with van der Waals surface area (Å²) in [5, 5.41) is 18.0. The van der Waals surface area contributed by atoms with Crippen molar-refractivity contribution < 1.29 is 19.4 Å². The Balaban J connectivity index is 1.25. The highest BCUT2D eigenvalue weighted by molar-refractivity contribution is 5.97. The van der Waals surface area contributed by atoms with Gasteiger partial charge in [0.15, 0.2) is 5.78 Å². The van der Waals surface area contributed by atoms with E-state index in [9.17, 15) is 14.7 Å². The summed E-state index contributed by atoms with van der Waals surface area (Å²) in [4.78, 5) is 30.5. The molecule has 8 heteroatoms. The minimum Gasteiger partial charge on any atom is -0.497 e. The number of ketones is 1. The first-order valence-electron chi connectivity index (χ1n) is 11.9. The molecule has 1 aromatic heterocycles. The van der Waals surface area contributed by atoms with Crippen molar-refractivity contribution in [3.63, 3.8) is 0 Å². The number of hydrogen-bond donors (Lipinski definition) is 3. The molecule has 1 amide bonds. The number of hydrogen-bond acceptors (Lipinski definition) is 7. The smallest absolute Gasteiger partial charge is 0.238 e. The second-order valence-corrected chi connectivity index (χ2v) is 8.94. The van der Waals surface area contributed by atoms with E-state index in [-0.39, 0.29) is 24.3 Å². The summed E-state index contributed by atoms with van der Waals surface area (Å²) in [6.45, 7) is 3.93. The number of carbonyl (C=O) groups is 2. The van der Waals surface area contributed by atoms with E-state index < -0.39 is 6.10 Å². The van der Waals surface area contributed by atoms with Crippen LogP contribution in [0.5, 0.6) is 5.75 Å². The summed E-state index contributed by atoms with van der Waals surface area (Å²) in [6, 6.07) is 14.7. The molecule has 4 rings (SSSR count). The third-order valence-corrected chi connectivity index (χ3v) is 6.46. The molecule has 1 aliphatic heterocycles. The number of nitrogens with one attached hydrogen (secondary N) is 2. The van der Waals surface area contributed by atoms with Crippen molar-refractivity contribution in [2.24, 2.45) is 0 Å². The zero-order valence-electron chi connectivity index (χ0n) is 20.2. The number of aromatic nitrogens is 1. The maximum atomic E-state index is 12.3. The van der Waals surface area contributed by atoms with Crippen LogP contribution in [0.2, 0.25) is 0 Å². The number of piperidine rings is 1. The van der Waals surface area contributed by atoms with E-state index in [1.54, 1.807) is 37.6 Å². The lowest BCUT2D eigenvalue weighted by atomic mass is 10.0. The van der Waals surface area contributed by atoms with Gasteiger partial charge >= 0.3 is 0 Å². The van der Waals surface area contributed by atoms with E-state index >= 15 is 0 Å². The predicted molar refractivity (Wildman–Crippen MR) is 136 cm³/mol. The first kappa shape index (κ1) is 24.8. The van der Waals surface area contributed by atoms with Crippen LogP contribution in [0.4, 0.5) is 5.69 Å². The van der Waals surface area contributed by atoms with Gasteiger partial charge in [0.2, 0.25) is 5.91 Å². The maximum absolute atomic E-state index is 12.3. The minimum atomic E-state index is -0.631. The highest BCUT2D eigenvalue weighted by Gasteiger charge is 2.23. The Kier molecular flexibility index (Phi) is 8.07. The molecule has 0 aliphatic carbocycles. The van der Waals surface area contributed by atoms with E-state index in [2.05, 4.69) is 20.5 Å². The highest BCUT2D eigenvalue weighted by Crippen LogP contribution is 2.27. The Labute approximate surface area is 205 Å². The third kappa shape index (κ3) is 6.42. The molecule has 1 saturated heterocycles. The Morgan fingerprint density at radius 2 is 1.97 bits per heavy atom. The van der Waals surface area contributed by atoms with Crippen LogP contribution in [0.15, 0.2) is 54.7 Å². The van der Waals surface area contributed by atoms with Gasteiger partial charge in [0.05, 0.1) is 25.3 Å². The van der Waals surface area contributed by atoms with Crippen LogP contribution < -0.4 is 15.4 Å². The second kappa shape index (κ2) is 11.4. The molecule has 0 spiro atoms. The number of benzene rings is 2. The standard InChI is InChI=1S/C27H32N4O4/c1-18(32)19-4-3-5-21(14-19)30-27(34)16-29-20-9-12-31(13-10-20)17-26(33)23-8-11-28-25-7-6-22(35-2)15-24(23)25/h3-8,11,14-15,20,26,29,33H,9-10,12-13,16-17H2,1-2H3,(H,30,34). The number of likely N-dealkylation sites (tertiary alicyclic amines) is 1. The molecule has 3 N–H and O–H groups in total. The molecule has 1 aliphatic rings. The molecule has 0 bridgehead atoms. The quantitative estimate of drug-likeness (QED) is 0.408. The van der Waals surface area contributed by atoms with Crippen LogP contribution in [-0.2, 0) is 4.79 Å². The summed E-state index contributed by atoms with van der Waals surface area (Å²) in [6.07, 6.45) is 2.88. The maximum Gasteiger partial charge on any atom is 0.238 e. The molecule has 0 radical (unpaired) electrons. The van der Waals surface area contributed by atoms with Crippen LogP contribution in [0.25, 0.3) is 10.9 Å². The van der Waals surface area contributed by atoms with Crippen LogP contribution in [-0.4, -0.2) is 66.0 Å². The van der Waals surface area contributed by atoms with Crippen molar-refractivity contribution in [3.8, 4) is 5.75 Å². The number of rotatable bonds is 9. The van der Waals surface area contributed by atoms with Gasteiger partial charge in [-0.1, -0.05) is 12.1 Å². The van der Waals surface area contributed by atoms with Gasteiger partial charge in [0.1, 0.15) is 5.75 Å². The number of ether oxygens (including phenoxy) is 1. The largest absolute Gasteiger partial charge is 0.497 e. The summed E-state index contributed by atoms with van der Waals surface area (Å²) in [5.74, 6) is 0.568. The number of pyridine rings is 1. The number of anilines is 1. The molecule has 3 aromatic rings. The van der Waals surface area contributed by atoms with Crippen LogP contribution >= 0.6 is 0 Å². The SMILES string of the molecule is COc1ccc2nccc(C(O)CN3CCC(NCC(=O)Nc4cccc(C(C)=O)c4)CC3)c2c1. The van der Waals surface area contributed by atoms with Crippen molar-refractivity contribution >= 4 is 28.3 Å². The highest BCUT2D eigenvalue weighted by atomic mass is 16.5. The Bertz CT molecular complexity index is 1190. The number of fused-ring (bicyclic) bond motifs is 1. The zero-order valence-corrected chi connectivity index (χ0v) is 20.2. The lowest BCUT2D eigenvalue weighted by molar-refractivity contribution is -0.115. The van der Waals surface area contributed by atoms with Gasteiger partial charge in [-0.05, 0) is 74.8 Å². The Hall–Kier alpha value is -3.33. The molecule has 1 fully saturated rings. The summed E-state index contributed by atoms with van der Waals surface area (Å²) >= 11 is 0. The molecule has 2 aromatic carbocycles. The van der Waals surface area contributed by atoms with E-state index in [0.717, 1.165) is 48.1 Å². The molecule has 8 nitrogen and oxygen atoms in total. The van der Waals surface area contributed by atoms with Gasteiger partial charge in [-0.25, -0.2) is 0 Å². The number of β-amino-alcohol motifs (C(OH)–C–C–N with tert-alkyl or cyclic N) is 1. The fourth-order valence-electron chi connectivity index (χ4n) is 4.48. The summed E-state index contributed by atoms with van der Waals surface area (Å²) in [7, 11) is 1.63. The number of methoxy groups -OCH3 is 1. The molecular weight excluding hydrogens is 444 g/mol. The van der Waals surface area contributed by atoms with Crippen molar-refractivity contribution in [1.29, 1.82) is 0 Å². The molecule has 2 heterocycles. The number of amides is 1. The van der Waals surface area contributed by atoms with Gasteiger partial charge in [0.25, 0.3) is 0 Å². The third-order valence-electron chi connectivity index (χ3n) is 6.46. The monoisotopic (exact) mass is 476 g/mol. The number of aliphatic hydroxyl groups is 1. The van der Waals surface area contributed by atoms with E-state index in [4.69, 9.17) is 4.74 Å². The van der Waals surface area contributed by atoms with Gasteiger partial charge in [0, 0.05) is 35.4 Å². The van der Waals surface area contributed by atoms with Crippen molar-refractivity contribution in [3.05, 3.63) is 65.9 Å². The molecule has 184 valence electrons. The second-order valence-electron chi connectivity index (χ2n) is 8.94. The van der Waals surface area contributed by atoms with Crippen molar-refractivity contribution in [1.82, 2.24) is 15.2 Å². The van der Waals surface area contributed by atoms with Gasteiger partial charge in [-0.2, -0.15) is 0 Å². The molecule has 0 saturated carbocycles. The average Bonchev–Trinajstić information content (AvgIpc) is 2.87. The minimum absolute atomic E-state index is 0.0343. The summed E-state index contributed by atoms with van der Waals surface area (Å²) < 4.78 is 5.34. The molecule has 35 heavy (non-hydrogen) atoms. The van der Waals surface area contributed by atoms with Crippen LogP contribution in [0.1, 0.15) is 41.8 Å². The van der Waals surface area contributed by atoms with E-state index in [0.29, 0.717) is 17.8 Å². The van der Waals surface area contributed by atoms with Gasteiger partial charge < -0.3 is 25.4 Å². The number of carbonyl (C=O) groups excluding carboxylic acids is 2. The Morgan fingerprint density at radius 3 is 2.71 bits per heavy atom. The van der Waals surface area contributed by atoms with E-state index in [1.165, 1.54) is 6.92 Å². The van der Waals surface area contributed by atoms with E-state index in [1.807, 2.05) is 24.3 Å². The normalized spacial score (nSPS) is 15.6. The first-order chi connectivity index (χ1) is 16.9. The number of Topliss-reactive ketones (excluding diaryl/α,β-unsaturated/α-hetero) is 1. The molecule has 1 unspecified atom stereocenters. The fourth-order valence-corrected chi connectivity index (χ4v) is 4.48. The summed E-state index contributed by atoms with van der Waals surface area (Å²) in [5.41, 5.74) is 2.87. The zero-order chi connectivity index (χ0) is 24.8. The van der Waals surface area contributed by atoms with Crippen LogP contribution in [0.3, 0.4) is 0 Å². The average molecular weight is 477 g/mol. The van der Waals surface area contributed by atoms with Crippen LogP contribution in [0, 0.1) is 0 Å². The van der Waals surface area contributed by atoms with Crippen molar-refractivity contribution in [2.75, 3.05) is 38.6 Å². The van der Waals surface area contributed by atoms with Crippen molar-refractivity contribution in [2.45, 2.75) is 31.9 Å². The number of nitrogens with zero attached hydrogens (tertiary/aromatic N) is 2. The lowest BCUT2D eigenvalue weighted by Gasteiger charge is -2.33. The lowest BCUT2D eigenvalue weighted by Crippen LogP contribution is -2.45. The topological polar surface area (TPSA) is 104 Å². The van der Waals surface area contributed by atoms with Gasteiger partial charge in [-0.3, -0.25) is 14.6 Å².